The molecule has 0 amide bonds. The van der Waals surface area contributed by atoms with Crippen LogP contribution in [0.15, 0.2) is 48.5 Å². The lowest BCUT2D eigenvalue weighted by Crippen LogP contribution is -2.39. The number of methoxy groups -OCH3 is 2. The second-order valence-electron chi connectivity index (χ2n) is 5.22. The molecule has 0 aliphatic carbocycles. The summed E-state index contributed by atoms with van der Waals surface area (Å²) in [6.45, 7) is 2.50. The first kappa shape index (κ1) is 17.9. The molecule has 0 bridgehead atoms. The van der Waals surface area contributed by atoms with Gasteiger partial charge in [-0.1, -0.05) is 6.07 Å². The van der Waals surface area contributed by atoms with Crippen LogP contribution in [0.5, 0.6) is 17.2 Å². The molecule has 2 aromatic carbocycles. The second kappa shape index (κ2) is 8.98. The largest absolute Gasteiger partial charge is 0.497 e. The molecule has 0 saturated carbocycles. The van der Waals surface area contributed by atoms with Crippen molar-refractivity contribution in [2.75, 3.05) is 26.1 Å². The maximum absolute atomic E-state index is 5.73. The van der Waals surface area contributed by atoms with Crippen LogP contribution in [-0.2, 0) is 0 Å². The third kappa shape index (κ3) is 5.62. The second-order valence-corrected chi connectivity index (χ2v) is 5.63. The van der Waals surface area contributed by atoms with Gasteiger partial charge in [0.2, 0.25) is 0 Å². The zero-order valence-corrected chi connectivity index (χ0v) is 14.9. The van der Waals surface area contributed by atoms with E-state index in [0.717, 1.165) is 22.9 Å². The molecule has 6 heteroatoms. The van der Waals surface area contributed by atoms with Gasteiger partial charge in [0, 0.05) is 11.8 Å². The molecular formula is C18H22N2O3S. The van der Waals surface area contributed by atoms with Gasteiger partial charge in [-0.3, -0.25) is 0 Å². The number of hydrogen-bond donors (Lipinski definition) is 2. The van der Waals surface area contributed by atoms with E-state index in [1.54, 1.807) is 14.2 Å². The Morgan fingerprint density at radius 3 is 2.33 bits per heavy atom. The number of benzene rings is 2. The molecule has 0 fully saturated rings. The Morgan fingerprint density at radius 2 is 1.67 bits per heavy atom. The fourth-order valence-electron chi connectivity index (χ4n) is 2.03. The summed E-state index contributed by atoms with van der Waals surface area (Å²) in [7, 11) is 3.27. The Balaban J connectivity index is 1.78. The molecule has 0 aliphatic rings. The van der Waals surface area contributed by atoms with Crippen LogP contribution in [0.25, 0.3) is 0 Å². The molecule has 2 aromatic rings. The van der Waals surface area contributed by atoms with Crippen molar-refractivity contribution in [1.29, 1.82) is 0 Å². The van der Waals surface area contributed by atoms with Crippen LogP contribution in [0.1, 0.15) is 6.92 Å². The highest BCUT2D eigenvalue weighted by atomic mass is 32.1. The van der Waals surface area contributed by atoms with E-state index < -0.39 is 0 Å². The summed E-state index contributed by atoms with van der Waals surface area (Å²) in [5.74, 6) is 2.37. The van der Waals surface area contributed by atoms with E-state index in [4.69, 9.17) is 26.4 Å². The van der Waals surface area contributed by atoms with E-state index in [-0.39, 0.29) is 6.04 Å². The van der Waals surface area contributed by atoms with Crippen LogP contribution in [-0.4, -0.2) is 32.0 Å². The molecule has 0 unspecified atom stereocenters. The average molecular weight is 346 g/mol. The number of thiocarbonyl (C=S) groups is 1. The summed E-state index contributed by atoms with van der Waals surface area (Å²) < 4.78 is 16.0. The van der Waals surface area contributed by atoms with E-state index in [0.29, 0.717) is 11.7 Å². The van der Waals surface area contributed by atoms with Crippen molar-refractivity contribution in [2.45, 2.75) is 13.0 Å². The van der Waals surface area contributed by atoms with Crippen molar-refractivity contribution < 1.29 is 14.2 Å². The van der Waals surface area contributed by atoms with E-state index in [1.165, 1.54) is 0 Å². The van der Waals surface area contributed by atoms with Crippen LogP contribution in [0, 0.1) is 0 Å². The Labute approximate surface area is 147 Å². The molecule has 1 atom stereocenters. The highest BCUT2D eigenvalue weighted by molar-refractivity contribution is 7.80. The summed E-state index contributed by atoms with van der Waals surface area (Å²) in [6.07, 6.45) is 0. The van der Waals surface area contributed by atoms with Crippen LogP contribution >= 0.6 is 12.2 Å². The summed E-state index contributed by atoms with van der Waals surface area (Å²) in [5.41, 5.74) is 0.870. The topological polar surface area (TPSA) is 51.8 Å². The molecule has 5 nitrogen and oxygen atoms in total. The molecule has 0 saturated heterocycles. The normalized spacial score (nSPS) is 11.3. The lowest BCUT2D eigenvalue weighted by molar-refractivity contribution is 0.286. The molecule has 2 rings (SSSR count). The summed E-state index contributed by atoms with van der Waals surface area (Å²) in [4.78, 5) is 0. The van der Waals surface area contributed by atoms with Gasteiger partial charge >= 0.3 is 0 Å². The quantitative estimate of drug-likeness (QED) is 0.749. The molecule has 0 spiro atoms. The molecule has 2 N–H and O–H groups in total. The van der Waals surface area contributed by atoms with Crippen molar-refractivity contribution in [1.82, 2.24) is 5.32 Å². The van der Waals surface area contributed by atoms with Crippen molar-refractivity contribution in [2.24, 2.45) is 0 Å². The van der Waals surface area contributed by atoms with Crippen LogP contribution in [0.2, 0.25) is 0 Å². The van der Waals surface area contributed by atoms with Gasteiger partial charge in [0.25, 0.3) is 0 Å². The first-order valence-corrected chi connectivity index (χ1v) is 8.00. The van der Waals surface area contributed by atoms with E-state index in [1.807, 2.05) is 55.5 Å². The van der Waals surface area contributed by atoms with Gasteiger partial charge in [0.15, 0.2) is 5.11 Å². The number of rotatable bonds is 7. The first-order chi connectivity index (χ1) is 11.6. The molecule has 0 aromatic heterocycles. The van der Waals surface area contributed by atoms with Gasteiger partial charge in [0.05, 0.1) is 20.3 Å². The minimum Gasteiger partial charge on any atom is -0.497 e. The van der Waals surface area contributed by atoms with Gasteiger partial charge < -0.3 is 24.8 Å². The predicted octanol–water partition coefficient (Wildman–Crippen LogP) is 3.46. The number of anilines is 1. The van der Waals surface area contributed by atoms with Crippen molar-refractivity contribution in [3.05, 3.63) is 48.5 Å². The molecular weight excluding hydrogens is 324 g/mol. The minimum absolute atomic E-state index is 0.0534. The van der Waals surface area contributed by atoms with Crippen molar-refractivity contribution >= 4 is 23.0 Å². The van der Waals surface area contributed by atoms with Gasteiger partial charge in [0.1, 0.15) is 23.9 Å². The summed E-state index contributed by atoms with van der Waals surface area (Å²) in [6, 6.07) is 15.1. The summed E-state index contributed by atoms with van der Waals surface area (Å²) >= 11 is 5.32. The Morgan fingerprint density at radius 1 is 1.00 bits per heavy atom. The first-order valence-electron chi connectivity index (χ1n) is 7.59. The highest BCUT2D eigenvalue weighted by Gasteiger charge is 2.06. The number of ether oxygens (including phenoxy) is 3. The Kier molecular flexibility index (Phi) is 6.69. The summed E-state index contributed by atoms with van der Waals surface area (Å²) in [5, 5.41) is 6.85. The molecule has 0 aliphatic heterocycles. The number of nitrogens with one attached hydrogen (secondary N) is 2. The van der Waals surface area contributed by atoms with E-state index >= 15 is 0 Å². The minimum atomic E-state index is 0.0534. The molecule has 0 heterocycles. The SMILES string of the molecule is COc1ccc(OC[C@H](C)NC(=S)Nc2cccc(OC)c2)cc1. The lowest BCUT2D eigenvalue weighted by Gasteiger charge is -2.18. The van der Waals surface area contributed by atoms with E-state index in [9.17, 15) is 0 Å². The highest BCUT2D eigenvalue weighted by Crippen LogP contribution is 2.18. The van der Waals surface area contributed by atoms with Crippen LogP contribution < -0.4 is 24.8 Å². The van der Waals surface area contributed by atoms with Gasteiger partial charge in [-0.15, -0.1) is 0 Å². The molecule has 0 radical (unpaired) electrons. The maximum atomic E-state index is 5.73. The lowest BCUT2D eigenvalue weighted by atomic mass is 10.3. The van der Waals surface area contributed by atoms with E-state index in [2.05, 4.69) is 10.6 Å². The third-order valence-electron chi connectivity index (χ3n) is 3.26. The molecule has 24 heavy (non-hydrogen) atoms. The standard InChI is InChI=1S/C18H22N2O3S/c1-13(12-23-16-9-7-15(21-2)8-10-16)19-18(24)20-14-5-4-6-17(11-14)22-3/h4-11,13H,12H2,1-3H3,(H2,19,20,24)/t13-/m0/s1. The monoisotopic (exact) mass is 346 g/mol. The fourth-order valence-corrected chi connectivity index (χ4v) is 2.35. The fraction of sp³-hybridized carbons (Fsp3) is 0.278. The van der Waals surface area contributed by atoms with Gasteiger partial charge in [-0.25, -0.2) is 0 Å². The average Bonchev–Trinajstić information content (AvgIpc) is 2.60. The van der Waals surface area contributed by atoms with Crippen molar-refractivity contribution in [3.63, 3.8) is 0 Å². The van der Waals surface area contributed by atoms with Crippen LogP contribution in [0.3, 0.4) is 0 Å². The van der Waals surface area contributed by atoms with Crippen LogP contribution in [0.4, 0.5) is 5.69 Å². The van der Waals surface area contributed by atoms with Gasteiger partial charge in [-0.2, -0.15) is 0 Å². The Bertz CT molecular complexity index is 662. The van der Waals surface area contributed by atoms with Gasteiger partial charge in [-0.05, 0) is 55.5 Å². The zero-order chi connectivity index (χ0) is 17.4. The molecule has 128 valence electrons. The predicted molar refractivity (Wildman–Crippen MR) is 100 cm³/mol. The maximum Gasteiger partial charge on any atom is 0.171 e. The van der Waals surface area contributed by atoms with Crippen molar-refractivity contribution in [3.8, 4) is 17.2 Å². The Hall–Kier alpha value is -2.47. The smallest absolute Gasteiger partial charge is 0.171 e. The number of hydrogen-bond acceptors (Lipinski definition) is 4. The third-order valence-corrected chi connectivity index (χ3v) is 3.48. The zero-order valence-electron chi connectivity index (χ0n) is 14.0.